The zero-order chi connectivity index (χ0) is 22.4. The second-order valence-corrected chi connectivity index (χ2v) is 7.26. The van der Waals surface area contributed by atoms with E-state index >= 15 is 0 Å². The third-order valence-electron chi connectivity index (χ3n) is 4.95. The topological polar surface area (TPSA) is 107 Å². The van der Waals surface area contributed by atoms with Crippen LogP contribution in [0, 0.1) is 0 Å². The van der Waals surface area contributed by atoms with Crippen LogP contribution in [0.1, 0.15) is 39.9 Å². The molecule has 3 aromatic carbocycles. The van der Waals surface area contributed by atoms with Gasteiger partial charge >= 0.3 is 11.9 Å². The second-order valence-electron chi connectivity index (χ2n) is 7.26. The van der Waals surface area contributed by atoms with Crippen molar-refractivity contribution in [2.75, 3.05) is 0 Å². The Hall–Kier alpha value is -3.48. The minimum absolute atomic E-state index is 0. The van der Waals surface area contributed by atoms with Crippen LogP contribution in [0.4, 0.5) is 0 Å². The maximum Gasteiger partial charge on any atom is 0.320 e. The van der Waals surface area contributed by atoms with Crippen molar-refractivity contribution in [2.45, 2.75) is 25.3 Å². The highest BCUT2D eigenvalue weighted by molar-refractivity contribution is 6.09. The number of benzene rings is 3. The molecular weight excluding hydrogens is 430 g/mol. The molecule has 2 atom stereocenters. The molecule has 7 heteroatoms. The van der Waals surface area contributed by atoms with E-state index in [2.05, 4.69) is 0 Å². The lowest BCUT2D eigenvalue weighted by atomic mass is 9.96. The normalized spacial score (nSPS) is 12.2. The van der Waals surface area contributed by atoms with Crippen LogP contribution in [0.2, 0.25) is 0 Å². The van der Waals surface area contributed by atoms with Crippen molar-refractivity contribution >= 4 is 30.1 Å². The third kappa shape index (κ3) is 6.26. The van der Waals surface area contributed by atoms with Gasteiger partial charge in [0.2, 0.25) is 0 Å². The first-order valence-electron chi connectivity index (χ1n) is 9.84. The standard InChI is InChI=1S/C25H23NO5.ClH/c1-16(19-8-5-9-20(15-19)23(27)18-6-3-2-4-7-18)25(30)31-21-12-10-17(11-13-21)14-22(26)24(28)29;/h2-13,15-16,22H,14,26H2,1H3,(H,28,29);1H/t16?,22-;/m0./s1. The quantitative estimate of drug-likeness (QED) is 0.303. The van der Waals surface area contributed by atoms with Gasteiger partial charge in [-0.05, 0) is 42.7 Å². The molecule has 0 aliphatic heterocycles. The molecule has 0 amide bonds. The summed E-state index contributed by atoms with van der Waals surface area (Å²) in [6.07, 6.45) is 0.183. The van der Waals surface area contributed by atoms with E-state index in [0.29, 0.717) is 22.4 Å². The van der Waals surface area contributed by atoms with Gasteiger partial charge in [-0.25, -0.2) is 0 Å². The SMILES string of the molecule is CC(C(=O)Oc1ccc(C[C@H](N)C(=O)O)cc1)c1cccc(C(=O)c2ccccc2)c1.Cl. The van der Waals surface area contributed by atoms with E-state index in [1.165, 1.54) is 0 Å². The van der Waals surface area contributed by atoms with Crippen molar-refractivity contribution in [1.29, 1.82) is 0 Å². The lowest BCUT2D eigenvalue weighted by molar-refractivity contribution is -0.138. The predicted octanol–water partition coefficient (Wildman–Crippen LogP) is 4.00. The molecule has 0 aliphatic rings. The highest BCUT2D eigenvalue weighted by Gasteiger charge is 2.20. The summed E-state index contributed by atoms with van der Waals surface area (Å²) >= 11 is 0. The van der Waals surface area contributed by atoms with Crippen LogP contribution in [0.5, 0.6) is 5.75 Å². The molecule has 3 N–H and O–H groups in total. The van der Waals surface area contributed by atoms with E-state index in [-0.39, 0.29) is 24.6 Å². The number of esters is 1. The van der Waals surface area contributed by atoms with E-state index in [4.69, 9.17) is 15.6 Å². The number of hydrogen-bond donors (Lipinski definition) is 2. The first-order chi connectivity index (χ1) is 14.8. The van der Waals surface area contributed by atoms with Gasteiger partial charge in [-0.1, -0.05) is 60.7 Å². The molecule has 166 valence electrons. The summed E-state index contributed by atoms with van der Waals surface area (Å²) in [4.78, 5) is 36.1. The molecular formula is C25H24ClNO5. The summed E-state index contributed by atoms with van der Waals surface area (Å²) in [5.74, 6) is -1.88. The van der Waals surface area contributed by atoms with Crippen LogP contribution in [-0.2, 0) is 16.0 Å². The minimum atomic E-state index is -1.07. The summed E-state index contributed by atoms with van der Waals surface area (Å²) in [5.41, 5.74) is 8.02. The molecule has 1 unspecified atom stereocenters. The van der Waals surface area contributed by atoms with Gasteiger partial charge in [0.05, 0.1) is 5.92 Å². The number of ether oxygens (including phenoxy) is 1. The molecule has 32 heavy (non-hydrogen) atoms. The molecule has 0 bridgehead atoms. The molecule has 0 saturated heterocycles. The number of carboxylic acids is 1. The van der Waals surface area contributed by atoms with Gasteiger partial charge in [-0.3, -0.25) is 14.4 Å². The summed E-state index contributed by atoms with van der Waals surface area (Å²) in [7, 11) is 0. The second kappa shape index (κ2) is 11.2. The van der Waals surface area contributed by atoms with Crippen molar-refractivity contribution in [3.05, 3.63) is 101 Å². The monoisotopic (exact) mass is 453 g/mol. The Balaban J connectivity index is 0.00000363. The van der Waals surface area contributed by atoms with Gasteiger partial charge in [0.15, 0.2) is 5.78 Å². The Morgan fingerprint density at radius 1 is 0.906 bits per heavy atom. The molecule has 0 fully saturated rings. The summed E-state index contributed by atoms with van der Waals surface area (Å²) in [5, 5.41) is 8.89. The minimum Gasteiger partial charge on any atom is -0.480 e. The van der Waals surface area contributed by atoms with Gasteiger partial charge in [0, 0.05) is 11.1 Å². The summed E-state index contributed by atoms with van der Waals surface area (Å²) in [6, 6.07) is 21.5. The number of carbonyl (C=O) groups is 3. The van der Waals surface area contributed by atoms with E-state index in [9.17, 15) is 14.4 Å². The maximum absolute atomic E-state index is 12.7. The van der Waals surface area contributed by atoms with Crippen LogP contribution >= 0.6 is 12.4 Å². The van der Waals surface area contributed by atoms with Gasteiger partial charge in [-0.15, -0.1) is 12.4 Å². The zero-order valence-corrected chi connectivity index (χ0v) is 18.2. The molecule has 3 aromatic rings. The first-order valence-corrected chi connectivity index (χ1v) is 9.84. The highest BCUT2D eigenvalue weighted by atomic mass is 35.5. The van der Waals surface area contributed by atoms with E-state index in [1.54, 1.807) is 79.7 Å². The van der Waals surface area contributed by atoms with Gasteiger partial charge < -0.3 is 15.6 Å². The molecule has 3 rings (SSSR count). The lowest BCUT2D eigenvalue weighted by Gasteiger charge is -2.13. The van der Waals surface area contributed by atoms with Crippen molar-refractivity contribution < 1.29 is 24.2 Å². The molecule has 6 nitrogen and oxygen atoms in total. The Morgan fingerprint density at radius 2 is 1.53 bits per heavy atom. The largest absolute Gasteiger partial charge is 0.480 e. The maximum atomic E-state index is 12.7. The average molecular weight is 454 g/mol. The zero-order valence-electron chi connectivity index (χ0n) is 17.4. The molecule has 0 aliphatic carbocycles. The number of hydrogen-bond acceptors (Lipinski definition) is 5. The van der Waals surface area contributed by atoms with Crippen molar-refractivity contribution in [3.8, 4) is 5.75 Å². The fourth-order valence-corrected chi connectivity index (χ4v) is 3.08. The smallest absolute Gasteiger partial charge is 0.320 e. The molecule has 0 aromatic heterocycles. The molecule has 0 saturated carbocycles. The predicted molar refractivity (Wildman–Crippen MR) is 123 cm³/mol. The van der Waals surface area contributed by atoms with Crippen LogP contribution in [0.3, 0.4) is 0 Å². The number of halogens is 1. The summed E-state index contributed by atoms with van der Waals surface area (Å²) < 4.78 is 5.45. The van der Waals surface area contributed by atoms with Crippen LogP contribution in [0.15, 0.2) is 78.9 Å². The van der Waals surface area contributed by atoms with E-state index in [0.717, 1.165) is 5.56 Å². The molecule has 0 radical (unpaired) electrons. The fraction of sp³-hybridized carbons (Fsp3) is 0.160. The van der Waals surface area contributed by atoms with Crippen molar-refractivity contribution in [3.63, 3.8) is 0 Å². The van der Waals surface area contributed by atoms with Gasteiger partial charge in [0.25, 0.3) is 0 Å². The number of nitrogens with two attached hydrogens (primary N) is 1. The lowest BCUT2D eigenvalue weighted by Crippen LogP contribution is -2.32. The Bertz CT molecular complexity index is 1080. The Morgan fingerprint density at radius 3 is 2.16 bits per heavy atom. The van der Waals surface area contributed by atoms with Crippen molar-refractivity contribution in [2.24, 2.45) is 5.73 Å². The van der Waals surface area contributed by atoms with Crippen LogP contribution in [0.25, 0.3) is 0 Å². The van der Waals surface area contributed by atoms with Gasteiger partial charge in [-0.2, -0.15) is 0 Å². The van der Waals surface area contributed by atoms with Crippen LogP contribution in [-0.4, -0.2) is 28.9 Å². The average Bonchev–Trinajstić information content (AvgIpc) is 2.79. The third-order valence-corrected chi connectivity index (χ3v) is 4.95. The number of ketones is 1. The fourth-order valence-electron chi connectivity index (χ4n) is 3.08. The van der Waals surface area contributed by atoms with E-state index < -0.39 is 23.9 Å². The Labute approximate surface area is 192 Å². The first kappa shape index (κ1) is 24.8. The summed E-state index contributed by atoms with van der Waals surface area (Å²) in [6.45, 7) is 1.72. The molecule has 0 spiro atoms. The highest BCUT2D eigenvalue weighted by Crippen LogP contribution is 2.22. The molecule has 0 heterocycles. The Kier molecular flexibility index (Phi) is 8.70. The number of carbonyl (C=O) groups excluding carboxylic acids is 2. The van der Waals surface area contributed by atoms with Gasteiger partial charge in [0.1, 0.15) is 11.8 Å². The van der Waals surface area contributed by atoms with E-state index in [1.807, 2.05) is 6.07 Å². The van der Waals surface area contributed by atoms with Crippen molar-refractivity contribution in [1.82, 2.24) is 0 Å². The number of aliphatic carboxylic acids is 1. The number of rotatable bonds is 8. The van der Waals surface area contributed by atoms with Crippen LogP contribution < -0.4 is 10.5 Å². The number of carboxylic acid groups (broad SMARTS) is 1.